The third-order valence-corrected chi connectivity index (χ3v) is 6.49. The number of rotatable bonds is 6. The molecule has 2 aromatic rings. The molecule has 0 unspecified atom stereocenters. The smallest absolute Gasteiger partial charge is 0.255 e. The van der Waals surface area contributed by atoms with Crippen LogP contribution in [0, 0.1) is 6.92 Å². The number of hydrogen-bond donors (Lipinski definition) is 2. The molecule has 28 heavy (non-hydrogen) atoms. The van der Waals surface area contributed by atoms with E-state index in [1.165, 1.54) is 31.4 Å². The van der Waals surface area contributed by atoms with Crippen LogP contribution in [0.5, 0.6) is 0 Å². The summed E-state index contributed by atoms with van der Waals surface area (Å²) in [4.78, 5) is 15.2. The molecule has 2 N–H and O–H groups in total. The largest absolute Gasteiger partial charge is 0.372 e. The molecule has 2 aromatic carbocycles. The maximum Gasteiger partial charge on any atom is 0.255 e. The zero-order valence-corrected chi connectivity index (χ0v) is 17.2. The number of hydrogen-bond acceptors (Lipinski definition) is 4. The molecule has 6 nitrogen and oxygen atoms in total. The molecule has 1 aliphatic heterocycles. The first-order chi connectivity index (χ1) is 13.4. The molecule has 0 aromatic heterocycles. The Morgan fingerprint density at radius 2 is 1.71 bits per heavy atom. The van der Waals surface area contributed by atoms with Gasteiger partial charge in [-0.25, -0.2) is 13.1 Å². The predicted molar refractivity (Wildman–Crippen MR) is 113 cm³/mol. The highest BCUT2D eigenvalue weighted by molar-refractivity contribution is 7.89. The van der Waals surface area contributed by atoms with E-state index in [0.29, 0.717) is 17.8 Å². The average molecular weight is 402 g/mol. The van der Waals surface area contributed by atoms with Crippen LogP contribution in [-0.2, 0) is 10.0 Å². The van der Waals surface area contributed by atoms with Gasteiger partial charge >= 0.3 is 0 Å². The molecule has 150 valence electrons. The molecule has 0 saturated carbocycles. The molecule has 1 aliphatic rings. The van der Waals surface area contributed by atoms with Gasteiger partial charge in [-0.1, -0.05) is 13.0 Å². The van der Waals surface area contributed by atoms with Crippen LogP contribution in [-0.4, -0.2) is 34.0 Å². The summed E-state index contributed by atoms with van der Waals surface area (Å²) in [5.41, 5.74) is 2.91. The van der Waals surface area contributed by atoms with Crippen LogP contribution in [0.25, 0.3) is 0 Å². The molecule has 1 fully saturated rings. The highest BCUT2D eigenvalue weighted by Crippen LogP contribution is 2.23. The molecule has 0 spiro atoms. The van der Waals surface area contributed by atoms with Crippen molar-refractivity contribution in [2.75, 3.05) is 29.9 Å². The van der Waals surface area contributed by atoms with Gasteiger partial charge in [0.15, 0.2) is 0 Å². The van der Waals surface area contributed by atoms with Crippen molar-refractivity contribution >= 4 is 27.3 Å². The summed E-state index contributed by atoms with van der Waals surface area (Å²) >= 11 is 0. The first-order valence-electron chi connectivity index (χ1n) is 9.67. The molecule has 0 aliphatic carbocycles. The summed E-state index contributed by atoms with van der Waals surface area (Å²) < 4.78 is 26.9. The van der Waals surface area contributed by atoms with Gasteiger partial charge < -0.3 is 10.2 Å². The fourth-order valence-corrected chi connectivity index (χ4v) is 4.46. The molecule has 0 bridgehead atoms. The van der Waals surface area contributed by atoms with Crippen molar-refractivity contribution in [3.8, 4) is 0 Å². The standard InChI is InChI=1S/C21H27N3O3S/c1-3-22-28(26,27)19-12-7-16(2)20(15-19)21(25)23-17-8-10-18(11-9-17)24-13-5-4-6-14-24/h7-12,15,22H,3-6,13-14H2,1-2H3,(H,23,25). The third kappa shape index (κ3) is 4.72. The van der Waals surface area contributed by atoms with E-state index in [-0.39, 0.29) is 10.8 Å². The highest BCUT2D eigenvalue weighted by atomic mass is 32.2. The van der Waals surface area contributed by atoms with Crippen LogP contribution < -0.4 is 14.9 Å². The lowest BCUT2D eigenvalue weighted by Gasteiger charge is -2.28. The van der Waals surface area contributed by atoms with Crippen molar-refractivity contribution in [1.82, 2.24) is 4.72 Å². The van der Waals surface area contributed by atoms with Crippen molar-refractivity contribution in [2.24, 2.45) is 0 Å². The fraction of sp³-hybridized carbons (Fsp3) is 0.381. The Balaban J connectivity index is 1.75. The highest BCUT2D eigenvalue weighted by Gasteiger charge is 2.17. The lowest BCUT2D eigenvalue weighted by Crippen LogP contribution is -2.29. The number of benzene rings is 2. The zero-order valence-electron chi connectivity index (χ0n) is 16.4. The maximum atomic E-state index is 12.7. The first kappa shape index (κ1) is 20.4. The number of nitrogens with zero attached hydrogens (tertiary/aromatic N) is 1. The van der Waals surface area contributed by atoms with Crippen LogP contribution in [0.15, 0.2) is 47.4 Å². The summed E-state index contributed by atoms with van der Waals surface area (Å²) in [6, 6.07) is 12.4. The third-order valence-electron chi connectivity index (χ3n) is 4.94. The second kappa shape index (κ2) is 8.75. The van der Waals surface area contributed by atoms with Gasteiger partial charge in [-0.3, -0.25) is 4.79 Å². The van der Waals surface area contributed by atoms with Crippen molar-refractivity contribution in [1.29, 1.82) is 0 Å². The molecular formula is C21H27N3O3S. The quantitative estimate of drug-likeness (QED) is 0.776. The normalized spacial score (nSPS) is 14.7. The zero-order chi connectivity index (χ0) is 20.1. The first-order valence-corrected chi connectivity index (χ1v) is 11.2. The van der Waals surface area contributed by atoms with Crippen molar-refractivity contribution in [3.05, 3.63) is 53.6 Å². The number of nitrogens with one attached hydrogen (secondary N) is 2. The molecule has 3 rings (SSSR count). The molecule has 1 amide bonds. The Labute approximate surface area is 167 Å². The van der Waals surface area contributed by atoms with Gasteiger partial charge in [0.25, 0.3) is 5.91 Å². The molecular weight excluding hydrogens is 374 g/mol. The van der Waals surface area contributed by atoms with Crippen molar-refractivity contribution in [2.45, 2.75) is 38.0 Å². The number of piperidine rings is 1. The Hall–Kier alpha value is -2.38. The van der Waals surface area contributed by atoms with E-state index < -0.39 is 10.0 Å². The molecule has 0 radical (unpaired) electrons. The van der Waals surface area contributed by atoms with Gasteiger partial charge in [0.05, 0.1) is 4.90 Å². The second-order valence-corrected chi connectivity index (χ2v) is 8.79. The van der Waals surface area contributed by atoms with E-state index in [0.717, 1.165) is 24.3 Å². The lowest BCUT2D eigenvalue weighted by molar-refractivity contribution is 0.102. The van der Waals surface area contributed by atoms with Gasteiger partial charge in [-0.2, -0.15) is 0 Å². The summed E-state index contributed by atoms with van der Waals surface area (Å²) in [5.74, 6) is -0.322. The van der Waals surface area contributed by atoms with Crippen LogP contribution in [0.3, 0.4) is 0 Å². The van der Waals surface area contributed by atoms with Gasteiger partial charge in [-0.05, 0) is 68.1 Å². The maximum absolute atomic E-state index is 12.7. The van der Waals surface area contributed by atoms with E-state index in [4.69, 9.17) is 0 Å². The van der Waals surface area contributed by atoms with Gasteiger partial charge in [0.2, 0.25) is 10.0 Å². The van der Waals surface area contributed by atoms with Crippen LogP contribution in [0.1, 0.15) is 42.1 Å². The number of carbonyl (C=O) groups excluding carboxylic acids is 1. The number of amides is 1. The number of sulfonamides is 1. The Kier molecular flexibility index (Phi) is 6.36. The number of anilines is 2. The minimum atomic E-state index is -3.61. The Morgan fingerprint density at radius 3 is 2.36 bits per heavy atom. The van der Waals surface area contributed by atoms with Crippen molar-refractivity contribution in [3.63, 3.8) is 0 Å². The van der Waals surface area contributed by atoms with E-state index in [2.05, 4.69) is 14.9 Å². The van der Waals surface area contributed by atoms with Gasteiger partial charge in [0, 0.05) is 36.6 Å². The minimum Gasteiger partial charge on any atom is -0.372 e. The molecule has 7 heteroatoms. The Morgan fingerprint density at radius 1 is 1.04 bits per heavy atom. The Bertz CT molecular complexity index is 934. The van der Waals surface area contributed by atoms with Crippen LogP contribution in [0.2, 0.25) is 0 Å². The number of aryl methyl sites for hydroxylation is 1. The van der Waals surface area contributed by atoms with E-state index in [1.54, 1.807) is 19.9 Å². The summed E-state index contributed by atoms with van der Waals surface area (Å²) in [6.07, 6.45) is 3.71. The lowest BCUT2D eigenvalue weighted by atomic mass is 10.1. The SMILES string of the molecule is CCNS(=O)(=O)c1ccc(C)c(C(=O)Nc2ccc(N3CCCCC3)cc2)c1. The molecule has 0 atom stereocenters. The topological polar surface area (TPSA) is 78.5 Å². The molecule has 1 saturated heterocycles. The van der Waals surface area contributed by atoms with E-state index >= 15 is 0 Å². The van der Waals surface area contributed by atoms with Gasteiger partial charge in [0.1, 0.15) is 0 Å². The predicted octanol–water partition coefficient (Wildman–Crippen LogP) is 3.54. The summed E-state index contributed by atoms with van der Waals surface area (Å²) in [6.45, 7) is 5.93. The summed E-state index contributed by atoms with van der Waals surface area (Å²) in [7, 11) is -3.61. The number of carbonyl (C=O) groups is 1. The van der Waals surface area contributed by atoms with Crippen molar-refractivity contribution < 1.29 is 13.2 Å². The average Bonchev–Trinajstić information content (AvgIpc) is 2.69. The molecule has 1 heterocycles. The monoisotopic (exact) mass is 401 g/mol. The fourth-order valence-electron chi connectivity index (χ4n) is 3.39. The minimum absolute atomic E-state index is 0.0885. The van der Waals surface area contributed by atoms with Crippen LogP contribution in [0.4, 0.5) is 11.4 Å². The van der Waals surface area contributed by atoms with Gasteiger partial charge in [-0.15, -0.1) is 0 Å². The van der Waals surface area contributed by atoms with E-state index in [9.17, 15) is 13.2 Å². The second-order valence-electron chi connectivity index (χ2n) is 7.03. The van der Waals surface area contributed by atoms with E-state index in [1.807, 2.05) is 24.3 Å². The van der Waals surface area contributed by atoms with Crippen LogP contribution >= 0.6 is 0 Å². The summed E-state index contributed by atoms with van der Waals surface area (Å²) in [5, 5.41) is 2.87.